The lowest BCUT2D eigenvalue weighted by Crippen LogP contribution is -2.33. The number of aliphatic hydroxyl groups excluding tert-OH is 3. The zero-order valence-corrected chi connectivity index (χ0v) is 18.4. The number of nitrogen functional groups attached to an aromatic ring is 1. The van der Waals surface area contributed by atoms with E-state index < -0.39 is 31.1 Å². The Morgan fingerprint density at radius 2 is 1.65 bits per heavy atom. The van der Waals surface area contributed by atoms with Crippen LogP contribution in [0, 0.1) is 0 Å². The van der Waals surface area contributed by atoms with Crippen LogP contribution in [0.15, 0.2) is 54.9 Å². The minimum absolute atomic E-state index is 0.116. The van der Waals surface area contributed by atoms with Gasteiger partial charge in [0.25, 0.3) is 0 Å². The van der Waals surface area contributed by atoms with Crippen molar-refractivity contribution in [3.8, 4) is 11.1 Å². The second-order valence-corrected chi connectivity index (χ2v) is 8.65. The number of hydrogen-bond donors (Lipinski definition) is 4. The molecule has 4 atom stereocenters. The van der Waals surface area contributed by atoms with Gasteiger partial charge < -0.3 is 30.7 Å². The van der Waals surface area contributed by atoms with Gasteiger partial charge in [-0.25, -0.2) is 4.98 Å². The van der Waals surface area contributed by atoms with Crippen LogP contribution in [0.3, 0.4) is 0 Å². The molecule has 1 fully saturated rings. The van der Waals surface area contributed by atoms with Crippen molar-refractivity contribution in [2.45, 2.75) is 30.6 Å². The number of anilines is 2. The average molecular weight is 460 g/mol. The van der Waals surface area contributed by atoms with Crippen LogP contribution in [-0.2, 0) is 4.74 Å². The van der Waals surface area contributed by atoms with Crippen LogP contribution < -0.4 is 10.6 Å². The molecule has 10 nitrogen and oxygen atoms in total. The van der Waals surface area contributed by atoms with Crippen LogP contribution in [0.1, 0.15) is 23.4 Å². The van der Waals surface area contributed by atoms with Gasteiger partial charge in [-0.2, -0.15) is 9.97 Å². The van der Waals surface area contributed by atoms with Gasteiger partial charge in [0.1, 0.15) is 23.8 Å². The van der Waals surface area contributed by atoms with Gasteiger partial charge in [-0.15, -0.1) is 0 Å². The van der Waals surface area contributed by atoms with Gasteiger partial charge in [0, 0.05) is 7.05 Å². The third-order valence-corrected chi connectivity index (χ3v) is 6.73. The lowest BCUT2D eigenvalue weighted by molar-refractivity contribution is -0.0511. The van der Waals surface area contributed by atoms with Crippen molar-refractivity contribution < 1.29 is 20.1 Å². The predicted molar refractivity (Wildman–Crippen MR) is 125 cm³/mol. The number of ether oxygens (including phenoxy) is 1. The molecule has 2 unspecified atom stereocenters. The van der Waals surface area contributed by atoms with Gasteiger partial charge in [0.2, 0.25) is 5.95 Å². The standard InChI is InChI=1S/C24H24N6O4/c1-29(18-14-8-4-2-6-12(14)13-7-3-5-9-15(13)18)24-27-21(25)17-22(28-24)30(11-26-17)23-20(33)19(32)16(10-31)34-23/h2-9,11,16,18-20,23,31-33H,10H2,1H3,(H2,25,27,28)/t16-,19?,20?,23-/m1/s1. The maximum atomic E-state index is 10.5. The highest BCUT2D eigenvalue weighted by atomic mass is 16.6. The van der Waals surface area contributed by atoms with Crippen molar-refractivity contribution in [3.05, 3.63) is 66.0 Å². The van der Waals surface area contributed by atoms with E-state index in [9.17, 15) is 15.3 Å². The molecule has 1 aliphatic carbocycles. The van der Waals surface area contributed by atoms with Crippen molar-refractivity contribution in [3.63, 3.8) is 0 Å². The normalized spacial score (nSPS) is 23.9. The van der Waals surface area contributed by atoms with Gasteiger partial charge in [-0.05, 0) is 22.3 Å². The molecule has 1 saturated heterocycles. The molecule has 0 bridgehead atoms. The van der Waals surface area contributed by atoms with Crippen LogP contribution in [0.4, 0.5) is 11.8 Å². The molecular formula is C24H24N6O4. The van der Waals surface area contributed by atoms with E-state index in [0.29, 0.717) is 17.1 Å². The molecular weight excluding hydrogens is 436 g/mol. The van der Waals surface area contributed by atoms with Crippen LogP contribution in [0.25, 0.3) is 22.3 Å². The van der Waals surface area contributed by atoms with Crippen molar-refractivity contribution in [1.29, 1.82) is 0 Å². The minimum atomic E-state index is -1.26. The molecule has 2 aromatic carbocycles. The van der Waals surface area contributed by atoms with Crippen LogP contribution in [-0.4, -0.2) is 66.8 Å². The van der Waals surface area contributed by atoms with Gasteiger partial charge in [0.05, 0.1) is 19.0 Å². The summed E-state index contributed by atoms with van der Waals surface area (Å²) >= 11 is 0. The summed E-state index contributed by atoms with van der Waals surface area (Å²) in [5.74, 6) is 0.576. The summed E-state index contributed by atoms with van der Waals surface area (Å²) in [6.45, 7) is -0.424. The highest BCUT2D eigenvalue weighted by molar-refractivity contribution is 5.84. The summed E-state index contributed by atoms with van der Waals surface area (Å²) in [6.07, 6.45) is -2.94. The molecule has 0 radical (unpaired) electrons. The molecule has 174 valence electrons. The summed E-state index contributed by atoms with van der Waals surface area (Å²) in [7, 11) is 1.91. The zero-order valence-electron chi connectivity index (χ0n) is 18.4. The van der Waals surface area contributed by atoms with E-state index in [-0.39, 0.29) is 11.9 Å². The first kappa shape index (κ1) is 21.0. The summed E-state index contributed by atoms with van der Waals surface area (Å²) in [5, 5.41) is 30.2. The molecule has 10 heteroatoms. The highest BCUT2D eigenvalue weighted by Crippen LogP contribution is 2.46. The maximum absolute atomic E-state index is 10.5. The number of nitrogens with zero attached hydrogens (tertiary/aromatic N) is 5. The maximum Gasteiger partial charge on any atom is 0.229 e. The minimum Gasteiger partial charge on any atom is -0.394 e. The first-order valence-electron chi connectivity index (χ1n) is 11.0. The van der Waals surface area contributed by atoms with E-state index >= 15 is 0 Å². The monoisotopic (exact) mass is 460 g/mol. The lowest BCUT2D eigenvalue weighted by Gasteiger charge is -2.27. The number of fused-ring (bicyclic) bond motifs is 4. The van der Waals surface area contributed by atoms with Crippen molar-refractivity contribution >= 4 is 22.9 Å². The fraction of sp³-hybridized carbons (Fsp3) is 0.292. The fourth-order valence-electron chi connectivity index (χ4n) is 5.04. The Balaban J connectivity index is 1.45. The molecule has 2 aliphatic rings. The van der Waals surface area contributed by atoms with Gasteiger partial charge >= 0.3 is 0 Å². The summed E-state index contributed by atoms with van der Waals surface area (Å²) in [4.78, 5) is 15.5. The molecule has 6 rings (SSSR count). The van der Waals surface area contributed by atoms with E-state index in [1.165, 1.54) is 22.0 Å². The molecule has 1 aliphatic heterocycles. The number of hydrogen-bond acceptors (Lipinski definition) is 9. The topological polar surface area (TPSA) is 143 Å². The molecule has 4 aromatic rings. The van der Waals surface area contributed by atoms with Crippen LogP contribution in [0.2, 0.25) is 0 Å². The number of imidazole rings is 1. The molecule has 34 heavy (non-hydrogen) atoms. The molecule has 5 N–H and O–H groups in total. The third kappa shape index (κ3) is 2.93. The number of nitrogens with two attached hydrogens (primary N) is 1. The van der Waals surface area contributed by atoms with Crippen molar-refractivity contribution in [2.24, 2.45) is 0 Å². The third-order valence-electron chi connectivity index (χ3n) is 6.73. The van der Waals surface area contributed by atoms with Crippen LogP contribution in [0.5, 0.6) is 0 Å². The van der Waals surface area contributed by atoms with Gasteiger partial charge in [-0.3, -0.25) is 4.57 Å². The van der Waals surface area contributed by atoms with E-state index in [4.69, 9.17) is 15.5 Å². The van der Waals surface area contributed by atoms with Crippen LogP contribution >= 0.6 is 0 Å². The number of aliphatic hydroxyl groups is 3. The van der Waals surface area contributed by atoms with Gasteiger partial charge in [0.15, 0.2) is 17.7 Å². The average Bonchev–Trinajstić information content (AvgIpc) is 3.51. The Bertz CT molecular complexity index is 1350. The second-order valence-electron chi connectivity index (χ2n) is 8.65. The predicted octanol–water partition coefficient (Wildman–Crippen LogP) is 1.23. The molecule has 3 heterocycles. The number of rotatable bonds is 4. The first-order chi connectivity index (χ1) is 16.5. The highest BCUT2D eigenvalue weighted by Gasteiger charge is 2.44. The van der Waals surface area contributed by atoms with E-state index in [2.05, 4.69) is 34.2 Å². The smallest absolute Gasteiger partial charge is 0.229 e. The Labute approximate surface area is 194 Å². The lowest BCUT2D eigenvalue weighted by atomic mass is 10.0. The molecule has 0 spiro atoms. The summed E-state index contributed by atoms with van der Waals surface area (Å²) in [5.41, 5.74) is 11.6. The molecule has 0 amide bonds. The largest absolute Gasteiger partial charge is 0.394 e. The molecule has 2 aromatic heterocycles. The number of benzene rings is 2. The van der Waals surface area contributed by atoms with Crippen molar-refractivity contribution in [2.75, 3.05) is 24.3 Å². The summed E-state index contributed by atoms with van der Waals surface area (Å²) < 4.78 is 7.20. The Morgan fingerprint density at radius 3 is 2.26 bits per heavy atom. The molecule has 0 saturated carbocycles. The quantitative estimate of drug-likeness (QED) is 0.353. The summed E-state index contributed by atoms with van der Waals surface area (Å²) in [6, 6.07) is 16.4. The zero-order chi connectivity index (χ0) is 23.6. The van der Waals surface area contributed by atoms with E-state index in [1.54, 1.807) is 0 Å². The Kier molecular flexibility index (Phi) is 4.78. The number of aromatic nitrogens is 4. The van der Waals surface area contributed by atoms with E-state index in [1.807, 2.05) is 36.2 Å². The second kappa shape index (κ2) is 7.74. The Morgan fingerprint density at radius 1 is 1.00 bits per heavy atom. The first-order valence-corrected chi connectivity index (χ1v) is 11.0. The van der Waals surface area contributed by atoms with E-state index in [0.717, 1.165) is 11.1 Å². The Hall–Kier alpha value is -3.57. The van der Waals surface area contributed by atoms with Crippen molar-refractivity contribution in [1.82, 2.24) is 19.5 Å². The van der Waals surface area contributed by atoms with Gasteiger partial charge in [-0.1, -0.05) is 48.5 Å². The fourth-order valence-corrected chi connectivity index (χ4v) is 5.04. The SMILES string of the molecule is CN(c1nc(N)c2ncn([C@@H]3O[C@H](CO)C(O)C3O)c2n1)C1c2ccccc2-c2ccccc21.